The molecule has 2 aromatic carbocycles. The molecule has 3 rings (SSSR count). The molecule has 1 N–H and O–H groups in total. The summed E-state index contributed by atoms with van der Waals surface area (Å²) in [4.78, 5) is 35.3. The summed E-state index contributed by atoms with van der Waals surface area (Å²) in [6.07, 6.45) is 1.70. The van der Waals surface area contributed by atoms with Crippen molar-refractivity contribution in [1.29, 1.82) is 0 Å². The maximum Gasteiger partial charge on any atom is 0.315 e. The van der Waals surface area contributed by atoms with Crippen molar-refractivity contribution in [3.8, 4) is 11.5 Å². The van der Waals surface area contributed by atoms with E-state index in [0.717, 1.165) is 17.3 Å². The number of thioether (sulfide) groups is 1. The SMILES string of the molecule is COc1cccc(CC(=O)Oc2ccc(C=C3SC(=O)NC3=O)cc2Br)c1. The average molecular weight is 448 g/mol. The number of halogens is 1. The van der Waals surface area contributed by atoms with E-state index in [4.69, 9.17) is 9.47 Å². The molecule has 1 aliphatic heterocycles. The van der Waals surface area contributed by atoms with E-state index in [1.165, 1.54) is 0 Å². The highest BCUT2D eigenvalue weighted by molar-refractivity contribution is 9.10. The van der Waals surface area contributed by atoms with Crippen molar-refractivity contribution in [2.75, 3.05) is 7.11 Å². The Balaban J connectivity index is 1.68. The van der Waals surface area contributed by atoms with Crippen molar-refractivity contribution in [2.45, 2.75) is 6.42 Å². The Morgan fingerprint density at radius 2 is 2.04 bits per heavy atom. The van der Waals surface area contributed by atoms with Crippen LogP contribution >= 0.6 is 27.7 Å². The summed E-state index contributed by atoms with van der Waals surface area (Å²) in [6.45, 7) is 0. The first-order valence-electron chi connectivity index (χ1n) is 7.82. The quantitative estimate of drug-likeness (QED) is 0.424. The van der Waals surface area contributed by atoms with Crippen molar-refractivity contribution >= 4 is 50.9 Å². The summed E-state index contributed by atoms with van der Waals surface area (Å²) in [5.74, 6) is 0.206. The zero-order valence-electron chi connectivity index (χ0n) is 14.2. The van der Waals surface area contributed by atoms with E-state index in [1.54, 1.807) is 43.5 Å². The molecule has 0 radical (unpaired) electrons. The van der Waals surface area contributed by atoms with Crippen molar-refractivity contribution < 1.29 is 23.9 Å². The van der Waals surface area contributed by atoms with Gasteiger partial charge in [0, 0.05) is 0 Å². The number of amides is 2. The molecule has 0 aromatic heterocycles. The molecule has 2 aromatic rings. The van der Waals surface area contributed by atoms with Gasteiger partial charge in [-0.05, 0) is 69.2 Å². The minimum Gasteiger partial charge on any atom is -0.497 e. The van der Waals surface area contributed by atoms with Gasteiger partial charge in [0.2, 0.25) is 0 Å². The molecule has 0 bridgehead atoms. The Kier molecular flexibility index (Phi) is 5.98. The number of rotatable bonds is 5. The molecule has 0 saturated carbocycles. The van der Waals surface area contributed by atoms with Gasteiger partial charge in [-0.3, -0.25) is 19.7 Å². The third-order valence-corrected chi connectivity index (χ3v) is 5.03. The van der Waals surface area contributed by atoms with E-state index >= 15 is 0 Å². The van der Waals surface area contributed by atoms with Crippen LogP contribution in [0.3, 0.4) is 0 Å². The lowest BCUT2D eigenvalue weighted by molar-refractivity contribution is -0.133. The lowest BCUT2D eigenvalue weighted by atomic mass is 10.1. The second kappa shape index (κ2) is 8.41. The fourth-order valence-electron chi connectivity index (χ4n) is 2.37. The standard InChI is InChI=1S/C19H14BrNO5S/c1-25-13-4-2-3-11(7-13)10-17(22)26-15-6-5-12(8-14(15)20)9-16-18(23)21-19(24)27-16/h2-9H,10H2,1H3,(H,21,23,24). The second-order valence-electron chi connectivity index (χ2n) is 5.54. The molecule has 0 atom stereocenters. The Hall–Kier alpha value is -2.58. The summed E-state index contributed by atoms with van der Waals surface area (Å²) >= 11 is 4.20. The molecule has 27 heavy (non-hydrogen) atoms. The van der Waals surface area contributed by atoms with Crippen LogP contribution in [-0.4, -0.2) is 24.2 Å². The summed E-state index contributed by atoms with van der Waals surface area (Å²) in [5, 5.41) is 1.80. The first-order chi connectivity index (χ1) is 12.9. The van der Waals surface area contributed by atoms with Gasteiger partial charge in [-0.25, -0.2) is 0 Å². The number of esters is 1. The van der Waals surface area contributed by atoms with E-state index in [9.17, 15) is 14.4 Å². The molecule has 2 amide bonds. The van der Waals surface area contributed by atoms with Crippen molar-refractivity contribution in [3.63, 3.8) is 0 Å². The normalized spacial score (nSPS) is 15.0. The van der Waals surface area contributed by atoms with Crippen LogP contribution in [0, 0.1) is 0 Å². The minimum atomic E-state index is -0.421. The zero-order chi connectivity index (χ0) is 19.4. The van der Waals surface area contributed by atoms with Gasteiger partial charge >= 0.3 is 5.97 Å². The number of nitrogens with one attached hydrogen (secondary N) is 1. The van der Waals surface area contributed by atoms with Gasteiger partial charge in [0.1, 0.15) is 11.5 Å². The molecular weight excluding hydrogens is 434 g/mol. The Morgan fingerprint density at radius 3 is 2.70 bits per heavy atom. The summed E-state index contributed by atoms with van der Waals surface area (Å²) < 4.78 is 11.1. The number of hydrogen-bond donors (Lipinski definition) is 1. The van der Waals surface area contributed by atoms with Gasteiger partial charge < -0.3 is 9.47 Å². The highest BCUT2D eigenvalue weighted by Crippen LogP contribution is 2.30. The van der Waals surface area contributed by atoms with Gasteiger partial charge in [-0.15, -0.1) is 0 Å². The Bertz CT molecular complexity index is 957. The number of carbonyl (C=O) groups excluding carboxylic acids is 3. The van der Waals surface area contributed by atoms with Crippen LogP contribution in [-0.2, 0) is 16.0 Å². The lowest BCUT2D eigenvalue weighted by Gasteiger charge is -2.08. The van der Waals surface area contributed by atoms with E-state index in [-0.39, 0.29) is 6.42 Å². The second-order valence-corrected chi connectivity index (χ2v) is 7.41. The number of hydrogen-bond acceptors (Lipinski definition) is 6. The average Bonchev–Trinajstić information content (AvgIpc) is 2.94. The highest BCUT2D eigenvalue weighted by atomic mass is 79.9. The molecule has 1 aliphatic rings. The molecule has 1 fully saturated rings. The third kappa shape index (κ3) is 4.99. The van der Waals surface area contributed by atoms with Crippen molar-refractivity contribution in [1.82, 2.24) is 5.32 Å². The van der Waals surface area contributed by atoms with Crippen LogP contribution < -0.4 is 14.8 Å². The predicted molar refractivity (Wildman–Crippen MR) is 106 cm³/mol. The van der Waals surface area contributed by atoms with Crippen LogP contribution in [0.15, 0.2) is 51.8 Å². The maximum atomic E-state index is 12.2. The molecule has 8 heteroatoms. The Labute approximate surface area is 168 Å². The molecule has 0 aliphatic carbocycles. The largest absolute Gasteiger partial charge is 0.497 e. The molecule has 0 unspecified atom stereocenters. The van der Waals surface area contributed by atoms with E-state index in [0.29, 0.717) is 26.4 Å². The number of carbonyl (C=O) groups is 3. The van der Waals surface area contributed by atoms with Gasteiger partial charge in [-0.2, -0.15) is 0 Å². The molecule has 138 valence electrons. The molecule has 0 spiro atoms. The topological polar surface area (TPSA) is 81.7 Å². The fraction of sp³-hybridized carbons (Fsp3) is 0.105. The third-order valence-electron chi connectivity index (χ3n) is 3.60. The van der Waals surface area contributed by atoms with Crippen molar-refractivity contribution in [2.24, 2.45) is 0 Å². The number of ether oxygens (including phenoxy) is 2. The lowest BCUT2D eigenvalue weighted by Crippen LogP contribution is -2.17. The molecule has 6 nitrogen and oxygen atoms in total. The number of imide groups is 1. The summed E-state index contributed by atoms with van der Waals surface area (Å²) in [5.41, 5.74) is 1.48. The van der Waals surface area contributed by atoms with Gasteiger partial charge in [0.25, 0.3) is 11.1 Å². The molecular formula is C19H14BrNO5S. The van der Waals surface area contributed by atoms with Gasteiger partial charge in [-0.1, -0.05) is 18.2 Å². The fourth-order valence-corrected chi connectivity index (χ4v) is 3.53. The van der Waals surface area contributed by atoms with E-state index in [1.807, 2.05) is 12.1 Å². The van der Waals surface area contributed by atoms with Crippen LogP contribution in [0.2, 0.25) is 0 Å². The summed E-state index contributed by atoms with van der Waals surface area (Å²) in [7, 11) is 1.56. The number of methoxy groups -OCH3 is 1. The Morgan fingerprint density at radius 1 is 1.22 bits per heavy atom. The van der Waals surface area contributed by atoms with E-state index in [2.05, 4.69) is 21.2 Å². The molecule has 1 saturated heterocycles. The van der Waals surface area contributed by atoms with Gasteiger partial charge in [0.15, 0.2) is 0 Å². The first-order valence-corrected chi connectivity index (χ1v) is 9.43. The van der Waals surface area contributed by atoms with E-state index < -0.39 is 17.1 Å². The minimum absolute atomic E-state index is 0.106. The van der Waals surface area contributed by atoms with Gasteiger partial charge in [0.05, 0.1) is 22.9 Å². The first kappa shape index (κ1) is 19.2. The van der Waals surface area contributed by atoms with Crippen LogP contribution in [0.1, 0.15) is 11.1 Å². The van der Waals surface area contributed by atoms with Crippen LogP contribution in [0.25, 0.3) is 6.08 Å². The van der Waals surface area contributed by atoms with Crippen molar-refractivity contribution in [3.05, 3.63) is 63.0 Å². The highest BCUT2D eigenvalue weighted by Gasteiger charge is 2.25. The molecule has 1 heterocycles. The zero-order valence-corrected chi connectivity index (χ0v) is 16.6. The number of benzene rings is 2. The smallest absolute Gasteiger partial charge is 0.315 e. The van der Waals surface area contributed by atoms with Crippen LogP contribution in [0.5, 0.6) is 11.5 Å². The van der Waals surface area contributed by atoms with Crippen LogP contribution in [0.4, 0.5) is 4.79 Å². The monoisotopic (exact) mass is 447 g/mol. The predicted octanol–water partition coefficient (Wildman–Crippen LogP) is 3.93. The maximum absolute atomic E-state index is 12.2. The summed E-state index contributed by atoms with van der Waals surface area (Å²) in [6, 6.07) is 12.2.